The first-order chi connectivity index (χ1) is 15.9. The molecule has 32 heavy (non-hydrogen) atoms. The summed E-state index contributed by atoms with van der Waals surface area (Å²) in [6.45, 7) is 0. The van der Waals surface area contributed by atoms with Crippen molar-refractivity contribution in [3.05, 3.63) is 121 Å². The standard InChI is InChI=1S/C32H19/c1-2-9-21(10-3-1)24-14-4-5-15-25(24)26-16-7-13-23-19-20-28-27-17-6-11-22-12-8-18-29(30(22)27)32(28)31(23)26/h1-17,19-20H. The SMILES string of the molecule is [c]1ccc2cccc3c2c1-c1c-3ccc2cccc(-c3ccccc3-c3ccccc3)c12. The van der Waals surface area contributed by atoms with Crippen molar-refractivity contribution >= 4 is 21.5 Å². The number of fused-ring (bicyclic) bond motifs is 5. The van der Waals surface area contributed by atoms with Crippen molar-refractivity contribution in [2.75, 3.05) is 0 Å². The zero-order valence-electron chi connectivity index (χ0n) is 17.5. The highest BCUT2D eigenvalue weighted by Gasteiger charge is 2.25. The minimum atomic E-state index is 1.23. The van der Waals surface area contributed by atoms with E-state index < -0.39 is 0 Å². The molecule has 0 atom stereocenters. The Bertz CT molecular complexity index is 1650. The first-order valence-corrected chi connectivity index (χ1v) is 11.0. The van der Waals surface area contributed by atoms with Gasteiger partial charge >= 0.3 is 0 Å². The summed E-state index contributed by atoms with van der Waals surface area (Å²) in [5, 5.41) is 5.18. The van der Waals surface area contributed by atoms with Crippen molar-refractivity contribution in [2.45, 2.75) is 0 Å². The molecule has 0 N–H and O–H groups in total. The fraction of sp³-hybridized carbons (Fsp3) is 0. The van der Waals surface area contributed by atoms with Gasteiger partial charge in [0.25, 0.3) is 0 Å². The molecular weight excluding hydrogens is 384 g/mol. The van der Waals surface area contributed by atoms with E-state index in [1.165, 1.54) is 66.1 Å². The molecule has 0 unspecified atom stereocenters. The lowest BCUT2D eigenvalue weighted by atomic mass is 9.87. The van der Waals surface area contributed by atoms with Crippen molar-refractivity contribution < 1.29 is 0 Å². The van der Waals surface area contributed by atoms with E-state index in [9.17, 15) is 0 Å². The third-order valence-electron chi connectivity index (χ3n) is 6.73. The van der Waals surface area contributed by atoms with Crippen LogP contribution >= 0.6 is 0 Å². The van der Waals surface area contributed by atoms with Crippen LogP contribution in [0.2, 0.25) is 0 Å². The predicted molar refractivity (Wildman–Crippen MR) is 136 cm³/mol. The van der Waals surface area contributed by atoms with Gasteiger partial charge in [0.05, 0.1) is 0 Å². The first kappa shape index (κ1) is 17.5. The Kier molecular flexibility index (Phi) is 3.65. The van der Waals surface area contributed by atoms with E-state index in [4.69, 9.17) is 0 Å². The van der Waals surface area contributed by atoms with Crippen LogP contribution in [0.1, 0.15) is 0 Å². The minimum absolute atomic E-state index is 1.23. The summed E-state index contributed by atoms with van der Waals surface area (Å²) in [7, 11) is 0. The van der Waals surface area contributed by atoms with Crippen molar-refractivity contribution in [1.29, 1.82) is 0 Å². The average molecular weight is 404 g/mol. The van der Waals surface area contributed by atoms with Crippen molar-refractivity contribution in [3.8, 4) is 44.5 Å². The molecule has 0 nitrogen and oxygen atoms in total. The molecule has 0 amide bonds. The van der Waals surface area contributed by atoms with E-state index >= 15 is 0 Å². The van der Waals surface area contributed by atoms with Gasteiger partial charge in [0.15, 0.2) is 0 Å². The van der Waals surface area contributed by atoms with E-state index in [1.807, 2.05) is 0 Å². The minimum Gasteiger partial charge on any atom is -0.0622 e. The lowest BCUT2D eigenvalue weighted by Gasteiger charge is -2.16. The third kappa shape index (κ3) is 2.38. The van der Waals surface area contributed by atoms with Crippen LogP contribution in [0.25, 0.3) is 66.1 Å². The van der Waals surface area contributed by atoms with Crippen molar-refractivity contribution in [1.82, 2.24) is 0 Å². The molecule has 0 aromatic heterocycles. The summed E-state index contributed by atoms with van der Waals surface area (Å²) < 4.78 is 0. The molecule has 147 valence electrons. The maximum Gasteiger partial charge on any atom is -0.000763 e. The molecule has 1 aliphatic rings. The summed E-state index contributed by atoms with van der Waals surface area (Å²) in [4.78, 5) is 0. The molecule has 0 bridgehead atoms. The van der Waals surface area contributed by atoms with Crippen LogP contribution in [-0.2, 0) is 0 Å². The number of hydrogen-bond acceptors (Lipinski definition) is 0. The average Bonchev–Trinajstić information content (AvgIpc) is 3.20. The molecule has 0 fully saturated rings. The first-order valence-electron chi connectivity index (χ1n) is 11.0. The highest BCUT2D eigenvalue weighted by atomic mass is 14.3. The Morgan fingerprint density at radius 2 is 1.06 bits per heavy atom. The second-order valence-corrected chi connectivity index (χ2v) is 8.43. The van der Waals surface area contributed by atoms with Crippen LogP contribution in [0, 0.1) is 6.07 Å². The van der Waals surface area contributed by atoms with E-state index in [0.29, 0.717) is 0 Å². The monoisotopic (exact) mass is 403 g/mol. The molecule has 0 heteroatoms. The van der Waals surface area contributed by atoms with E-state index in [2.05, 4.69) is 121 Å². The van der Waals surface area contributed by atoms with Gasteiger partial charge in [-0.05, 0) is 72.1 Å². The summed E-state index contributed by atoms with van der Waals surface area (Å²) in [5.74, 6) is 0. The Morgan fingerprint density at radius 3 is 1.88 bits per heavy atom. The normalized spacial score (nSPS) is 11.8. The quantitative estimate of drug-likeness (QED) is 0.271. The van der Waals surface area contributed by atoms with E-state index in [1.54, 1.807) is 0 Å². The van der Waals surface area contributed by atoms with Crippen LogP contribution in [0.4, 0.5) is 0 Å². The summed E-state index contributed by atoms with van der Waals surface area (Å²) in [5.41, 5.74) is 10.2. The van der Waals surface area contributed by atoms with Crippen molar-refractivity contribution in [2.24, 2.45) is 0 Å². The molecule has 0 saturated carbocycles. The smallest absolute Gasteiger partial charge is 0.000763 e. The Morgan fingerprint density at radius 1 is 0.406 bits per heavy atom. The van der Waals surface area contributed by atoms with Gasteiger partial charge in [-0.2, -0.15) is 0 Å². The highest BCUT2D eigenvalue weighted by Crippen LogP contribution is 2.52. The molecule has 7 rings (SSSR count). The molecule has 0 saturated heterocycles. The summed E-state index contributed by atoms with van der Waals surface area (Å²) in [6, 6.07) is 45.1. The topological polar surface area (TPSA) is 0 Å². The molecule has 0 spiro atoms. The Labute approximate surface area is 187 Å². The molecule has 1 aliphatic carbocycles. The van der Waals surface area contributed by atoms with Gasteiger partial charge in [0, 0.05) is 0 Å². The van der Waals surface area contributed by atoms with Crippen molar-refractivity contribution in [3.63, 3.8) is 0 Å². The van der Waals surface area contributed by atoms with Crippen LogP contribution in [-0.4, -0.2) is 0 Å². The van der Waals surface area contributed by atoms with E-state index in [-0.39, 0.29) is 0 Å². The fourth-order valence-electron chi connectivity index (χ4n) is 5.37. The second kappa shape index (κ2) is 6.67. The van der Waals surface area contributed by atoms with Gasteiger partial charge in [0.2, 0.25) is 0 Å². The van der Waals surface area contributed by atoms with E-state index in [0.717, 1.165) is 0 Å². The molecule has 6 aromatic carbocycles. The molecule has 0 aliphatic heterocycles. The molecule has 0 heterocycles. The zero-order valence-corrected chi connectivity index (χ0v) is 17.5. The maximum absolute atomic E-state index is 3.59. The summed E-state index contributed by atoms with van der Waals surface area (Å²) >= 11 is 0. The fourth-order valence-corrected chi connectivity index (χ4v) is 5.37. The number of benzene rings is 6. The van der Waals surface area contributed by atoms with Crippen LogP contribution < -0.4 is 0 Å². The molecule has 6 aromatic rings. The third-order valence-corrected chi connectivity index (χ3v) is 6.73. The van der Waals surface area contributed by atoms with Gasteiger partial charge in [-0.3, -0.25) is 0 Å². The van der Waals surface area contributed by atoms with Gasteiger partial charge in [-0.1, -0.05) is 115 Å². The van der Waals surface area contributed by atoms with Gasteiger partial charge in [-0.15, -0.1) is 0 Å². The largest absolute Gasteiger partial charge is 0.0622 e. The predicted octanol–water partition coefficient (Wildman–Crippen LogP) is 8.77. The van der Waals surface area contributed by atoms with Gasteiger partial charge < -0.3 is 0 Å². The van der Waals surface area contributed by atoms with Gasteiger partial charge in [0.1, 0.15) is 0 Å². The van der Waals surface area contributed by atoms with Crippen LogP contribution in [0.15, 0.2) is 115 Å². The zero-order chi connectivity index (χ0) is 21.1. The maximum atomic E-state index is 3.59. The lowest BCUT2D eigenvalue weighted by Crippen LogP contribution is -1.89. The number of hydrogen-bond donors (Lipinski definition) is 0. The number of rotatable bonds is 2. The molecule has 1 radical (unpaired) electrons. The van der Waals surface area contributed by atoms with Gasteiger partial charge in [-0.25, -0.2) is 0 Å². The lowest BCUT2D eigenvalue weighted by molar-refractivity contribution is 1.60. The Balaban J connectivity index is 1.61. The van der Waals surface area contributed by atoms with Crippen LogP contribution in [0.3, 0.4) is 0 Å². The summed E-state index contributed by atoms with van der Waals surface area (Å²) in [6.07, 6.45) is 0. The second-order valence-electron chi connectivity index (χ2n) is 8.43. The Hall–Kier alpha value is -4.16. The molecular formula is C32H19. The van der Waals surface area contributed by atoms with Crippen LogP contribution in [0.5, 0.6) is 0 Å². The highest BCUT2D eigenvalue weighted by molar-refractivity contribution is 6.23.